The molecule has 0 spiro atoms. The van der Waals surface area contributed by atoms with E-state index in [1.54, 1.807) is 0 Å². The smallest absolute Gasteiger partial charge is 0.142 e. The van der Waals surface area contributed by atoms with Crippen LogP contribution in [0.15, 0.2) is 36.9 Å². The molecule has 0 saturated carbocycles. The molecule has 0 N–H and O–H groups in total. The van der Waals surface area contributed by atoms with Crippen molar-refractivity contribution in [1.29, 1.82) is 0 Å². The van der Waals surface area contributed by atoms with Gasteiger partial charge in [0.05, 0.1) is 0 Å². The summed E-state index contributed by atoms with van der Waals surface area (Å²) >= 11 is 0. The minimum atomic E-state index is -1.68. The van der Waals surface area contributed by atoms with Crippen molar-refractivity contribution in [2.75, 3.05) is 6.61 Å². The second-order valence-electron chi connectivity index (χ2n) is 3.25. The van der Waals surface area contributed by atoms with Gasteiger partial charge in [0, 0.05) is 0 Å². The first kappa shape index (κ1) is 12.1. The van der Waals surface area contributed by atoms with Crippen molar-refractivity contribution < 1.29 is 9.09 Å². The number of hydrogen-bond donors (Lipinski definition) is 0. The average molecular weight is 223 g/mol. The zero-order valence-corrected chi connectivity index (χ0v) is 9.87. The van der Waals surface area contributed by atoms with Crippen LogP contribution in [0, 0.1) is 0 Å². The summed E-state index contributed by atoms with van der Waals surface area (Å²) in [6.45, 7) is 6.21. The zero-order valence-electron chi connectivity index (χ0n) is 8.98. The Kier molecular flexibility index (Phi) is 5.23. The van der Waals surface area contributed by atoms with Crippen molar-refractivity contribution in [3.05, 3.63) is 42.5 Å². The highest BCUT2D eigenvalue weighted by molar-refractivity contribution is 7.48. The second-order valence-corrected chi connectivity index (χ2v) is 4.54. The summed E-state index contributed by atoms with van der Waals surface area (Å²) in [6, 6.07) is 7.62. The van der Waals surface area contributed by atoms with Crippen molar-refractivity contribution in [2.24, 2.45) is 0 Å². The van der Waals surface area contributed by atoms with E-state index in [0.29, 0.717) is 6.61 Å². The van der Waals surface area contributed by atoms with E-state index in [-0.39, 0.29) is 0 Å². The fourth-order valence-electron chi connectivity index (χ4n) is 1.17. The molecule has 0 bridgehead atoms. The summed E-state index contributed by atoms with van der Waals surface area (Å²) < 4.78 is 16.7. The van der Waals surface area contributed by atoms with Gasteiger partial charge >= 0.3 is 8.03 Å². The number of allylic oxidation sites excluding steroid dienone is 1. The van der Waals surface area contributed by atoms with E-state index >= 15 is 0 Å². The summed E-state index contributed by atoms with van der Waals surface area (Å²) in [6.07, 6.45) is 3.57. The molecule has 0 heterocycles. The van der Waals surface area contributed by atoms with Gasteiger partial charge in [-0.1, -0.05) is 25.1 Å². The Bertz CT molecular complexity index is 330. The molecule has 1 unspecified atom stereocenters. The van der Waals surface area contributed by atoms with Gasteiger partial charge in [-0.2, -0.15) is 0 Å². The molecule has 1 aromatic rings. The molecule has 15 heavy (non-hydrogen) atoms. The summed E-state index contributed by atoms with van der Waals surface area (Å²) in [5.74, 6) is 0. The van der Waals surface area contributed by atoms with E-state index in [4.69, 9.17) is 4.52 Å². The van der Waals surface area contributed by atoms with Crippen molar-refractivity contribution in [2.45, 2.75) is 19.8 Å². The second kappa shape index (κ2) is 6.49. The maximum atomic E-state index is 11.6. The van der Waals surface area contributed by atoms with E-state index in [0.717, 1.165) is 18.1 Å². The minimum Gasteiger partial charge on any atom is -0.142 e. The highest BCUT2D eigenvalue weighted by atomic mass is 31.1. The molecule has 0 saturated heterocycles. The molecule has 2 nitrogen and oxygen atoms in total. The number of hydrogen-bond acceptors (Lipinski definition) is 2. The molecule has 0 aliphatic carbocycles. The van der Waals surface area contributed by atoms with Crippen LogP contribution in [0.25, 0.3) is 0 Å². The molecule has 0 radical (unpaired) electrons. The van der Waals surface area contributed by atoms with Gasteiger partial charge in [-0.25, -0.2) is 0 Å². The quantitative estimate of drug-likeness (QED) is 0.546. The maximum absolute atomic E-state index is 11.6. The van der Waals surface area contributed by atoms with Gasteiger partial charge in [0.25, 0.3) is 0 Å². The van der Waals surface area contributed by atoms with Crippen LogP contribution in [0.4, 0.5) is 0 Å². The maximum Gasteiger partial charge on any atom is 0.548 e. The molecule has 0 aliphatic rings. The topological polar surface area (TPSA) is 26.3 Å². The highest BCUT2D eigenvalue weighted by Crippen LogP contribution is 2.21. The predicted molar refractivity (Wildman–Crippen MR) is 63.8 cm³/mol. The SMILES string of the molecule is C=CCc1ccc([P+](=O)OCCC)cc1. The van der Waals surface area contributed by atoms with Crippen LogP contribution in [-0.2, 0) is 15.5 Å². The molecule has 1 aromatic carbocycles. The molecule has 3 heteroatoms. The third-order valence-corrected chi connectivity index (χ3v) is 3.08. The van der Waals surface area contributed by atoms with Crippen LogP contribution in [0.3, 0.4) is 0 Å². The molecule has 0 aliphatic heterocycles. The summed E-state index contributed by atoms with van der Waals surface area (Å²) in [5.41, 5.74) is 1.17. The zero-order chi connectivity index (χ0) is 11.1. The van der Waals surface area contributed by atoms with E-state index < -0.39 is 8.03 Å². The van der Waals surface area contributed by atoms with Gasteiger partial charge < -0.3 is 0 Å². The molecule has 1 atom stereocenters. The minimum absolute atomic E-state index is 0.545. The van der Waals surface area contributed by atoms with Crippen molar-refractivity contribution in [1.82, 2.24) is 0 Å². The normalized spacial score (nSPS) is 11.1. The van der Waals surface area contributed by atoms with Gasteiger partial charge in [-0.15, -0.1) is 11.1 Å². The van der Waals surface area contributed by atoms with Crippen LogP contribution in [-0.4, -0.2) is 6.61 Å². The van der Waals surface area contributed by atoms with Crippen LogP contribution >= 0.6 is 8.03 Å². The van der Waals surface area contributed by atoms with Crippen molar-refractivity contribution in [3.8, 4) is 0 Å². The molecule has 0 amide bonds. The van der Waals surface area contributed by atoms with E-state index in [1.165, 1.54) is 5.56 Å². The first-order chi connectivity index (χ1) is 7.27. The Morgan fingerprint density at radius 1 is 1.40 bits per heavy atom. The standard InChI is InChI=1S/C12H16O2P/c1-3-5-11-6-8-12(9-7-11)15(13)14-10-4-2/h3,6-9H,1,4-5,10H2,2H3/q+1. The van der Waals surface area contributed by atoms with E-state index in [1.807, 2.05) is 37.3 Å². The van der Waals surface area contributed by atoms with Crippen LogP contribution in [0.5, 0.6) is 0 Å². The van der Waals surface area contributed by atoms with Crippen molar-refractivity contribution >= 4 is 13.3 Å². The van der Waals surface area contributed by atoms with Gasteiger partial charge in [-0.05, 0) is 35.1 Å². The van der Waals surface area contributed by atoms with Gasteiger partial charge in [0.15, 0.2) is 0 Å². The highest BCUT2D eigenvalue weighted by Gasteiger charge is 2.20. The first-order valence-electron chi connectivity index (χ1n) is 5.08. The third kappa shape index (κ3) is 3.94. The van der Waals surface area contributed by atoms with Gasteiger partial charge in [-0.3, -0.25) is 0 Å². The lowest BCUT2D eigenvalue weighted by atomic mass is 10.2. The molecule has 1 rings (SSSR count). The number of benzene rings is 1. The average Bonchev–Trinajstić information content (AvgIpc) is 2.27. The Balaban J connectivity index is 2.62. The molecular weight excluding hydrogens is 207 g/mol. The lowest BCUT2D eigenvalue weighted by Crippen LogP contribution is -1.99. The molecule has 0 aromatic heterocycles. The Hall–Kier alpha value is -0.980. The molecular formula is C12H16O2P+. The molecule has 80 valence electrons. The third-order valence-electron chi connectivity index (χ3n) is 1.94. The first-order valence-corrected chi connectivity index (χ1v) is 6.25. The van der Waals surface area contributed by atoms with Crippen LogP contribution in [0.2, 0.25) is 0 Å². The monoisotopic (exact) mass is 223 g/mol. The summed E-state index contributed by atoms with van der Waals surface area (Å²) in [4.78, 5) is 0. The van der Waals surface area contributed by atoms with Crippen LogP contribution in [0.1, 0.15) is 18.9 Å². The Morgan fingerprint density at radius 2 is 2.07 bits per heavy atom. The largest absolute Gasteiger partial charge is 0.548 e. The lowest BCUT2D eigenvalue weighted by Gasteiger charge is -1.94. The van der Waals surface area contributed by atoms with Gasteiger partial charge in [0.2, 0.25) is 5.30 Å². The van der Waals surface area contributed by atoms with Crippen molar-refractivity contribution in [3.63, 3.8) is 0 Å². The Labute approximate surface area is 91.8 Å². The van der Waals surface area contributed by atoms with E-state index in [9.17, 15) is 4.57 Å². The predicted octanol–water partition coefficient (Wildman–Crippen LogP) is 3.21. The fourth-order valence-corrected chi connectivity index (χ4v) is 2.06. The summed E-state index contributed by atoms with van der Waals surface area (Å²) in [7, 11) is -1.68. The van der Waals surface area contributed by atoms with Crippen LogP contribution < -0.4 is 5.30 Å². The van der Waals surface area contributed by atoms with Gasteiger partial charge in [0.1, 0.15) is 6.61 Å². The Morgan fingerprint density at radius 3 is 2.60 bits per heavy atom. The summed E-state index contributed by atoms with van der Waals surface area (Å²) in [5, 5.41) is 0.756. The number of rotatable bonds is 6. The molecule has 0 fully saturated rings. The van der Waals surface area contributed by atoms with E-state index in [2.05, 4.69) is 6.58 Å². The fraction of sp³-hybridized carbons (Fsp3) is 0.333. The lowest BCUT2D eigenvalue weighted by molar-refractivity contribution is 0.335.